The van der Waals surface area contributed by atoms with Gasteiger partial charge in [0.1, 0.15) is 12.4 Å². The predicted molar refractivity (Wildman–Crippen MR) is 137 cm³/mol. The third kappa shape index (κ3) is 7.92. The number of nitrogens with zero attached hydrogens (tertiary/aromatic N) is 1. The number of anilines is 1. The van der Waals surface area contributed by atoms with E-state index in [9.17, 15) is 13.2 Å². The SMILES string of the molecule is C[C@@H](CNC(=O)CCCN(c1ccc(OCc2ccccc2)cc1)S(C)(=O)=O)c1ccccc1. The van der Waals surface area contributed by atoms with Crippen molar-refractivity contribution in [3.05, 3.63) is 96.1 Å². The molecule has 180 valence electrons. The average molecular weight is 481 g/mol. The second-order valence-corrected chi connectivity index (χ2v) is 10.2. The standard InChI is InChI=1S/C27H32N2O4S/c1-22(24-12-7-4-8-13-24)20-28-27(30)14-9-19-29(34(2,31)32)25-15-17-26(18-16-25)33-21-23-10-5-3-6-11-23/h3-8,10-13,15-18,22H,9,14,19-21H2,1-2H3,(H,28,30)/t22-/m0/s1. The van der Waals surface area contributed by atoms with E-state index in [1.807, 2.05) is 60.7 Å². The third-order valence-corrected chi connectivity index (χ3v) is 6.71. The fourth-order valence-electron chi connectivity index (χ4n) is 3.57. The van der Waals surface area contributed by atoms with E-state index in [2.05, 4.69) is 12.2 Å². The van der Waals surface area contributed by atoms with Gasteiger partial charge in [0.25, 0.3) is 0 Å². The average Bonchev–Trinajstić information content (AvgIpc) is 2.85. The highest BCUT2D eigenvalue weighted by Gasteiger charge is 2.18. The van der Waals surface area contributed by atoms with E-state index in [-0.39, 0.29) is 24.8 Å². The van der Waals surface area contributed by atoms with Gasteiger partial charge < -0.3 is 10.1 Å². The van der Waals surface area contributed by atoms with E-state index in [4.69, 9.17) is 4.74 Å². The molecule has 1 N–H and O–H groups in total. The van der Waals surface area contributed by atoms with Gasteiger partial charge in [-0.15, -0.1) is 0 Å². The second-order valence-electron chi connectivity index (χ2n) is 8.32. The summed E-state index contributed by atoms with van der Waals surface area (Å²) in [5, 5.41) is 2.94. The molecule has 0 spiro atoms. The first-order valence-corrected chi connectivity index (χ1v) is 13.2. The molecular formula is C27H32N2O4S. The van der Waals surface area contributed by atoms with E-state index < -0.39 is 10.0 Å². The molecule has 0 bridgehead atoms. The summed E-state index contributed by atoms with van der Waals surface area (Å²) in [6.07, 6.45) is 1.85. The summed E-state index contributed by atoms with van der Waals surface area (Å²) in [7, 11) is -3.48. The molecule has 0 aromatic heterocycles. The van der Waals surface area contributed by atoms with Crippen molar-refractivity contribution in [3.63, 3.8) is 0 Å². The zero-order valence-corrected chi connectivity index (χ0v) is 20.5. The Kier molecular flexibility index (Phi) is 9.10. The molecule has 1 amide bonds. The highest BCUT2D eigenvalue weighted by atomic mass is 32.2. The monoisotopic (exact) mass is 480 g/mol. The molecule has 0 radical (unpaired) electrons. The lowest BCUT2D eigenvalue weighted by Crippen LogP contribution is -2.32. The topological polar surface area (TPSA) is 75.7 Å². The van der Waals surface area contributed by atoms with Crippen LogP contribution in [0.4, 0.5) is 5.69 Å². The van der Waals surface area contributed by atoms with Gasteiger partial charge in [-0.1, -0.05) is 67.6 Å². The van der Waals surface area contributed by atoms with Crippen molar-refractivity contribution < 1.29 is 17.9 Å². The summed E-state index contributed by atoms with van der Waals surface area (Å²) in [5.41, 5.74) is 2.77. The molecule has 3 aromatic carbocycles. The van der Waals surface area contributed by atoms with Gasteiger partial charge in [0.05, 0.1) is 11.9 Å². The fraction of sp³-hybridized carbons (Fsp3) is 0.296. The first-order valence-electron chi connectivity index (χ1n) is 11.4. The van der Waals surface area contributed by atoms with Crippen LogP contribution in [0.2, 0.25) is 0 Å². The number of ether oxygens (including phenoxy) is 1. The van der Waals surface area contributed by atoms with Crippen LogP contribution in [0.1, 0.15) is 36.8 Å². The van der Waals surface area contributed by atoms with Crippen LogP contribution in [0.25, 0.3) is 0 Å². The number of carbonyl (C=O) groups is 1. The molecule has 3 rings (SSSR count). The molecule has 0 aliphatic carbocycles. The van der Waals surface area contributed by atoms with E-state index in [1.54, 1.807) is 24.3 Å². The maximum absolute atomic E-state index is 12.4. The first kappa shape index (κ1) is 25.3. The minimum absolute atomic E-state index is 0.0825. The van der Waals surface area contributed by atoms with Gasteiger partial charge in [-0.25, -0.2) is 8.42 Å². The largest absolute Gasteiger partial charge is 0.489 e. The lowest BCUT2D eigenvalue weighted by Gasteiger charge is -2.22. The maximum Gasteiger partial charge on any atom is 0.232 e. The Morgan fingerprint density at radius 1 is 0.941 bits per heavy atom. The summed E-state index contributed by atoms with van der Waals surface area (Å²) >= 11 is 0. The minimum atomic E-state index is -3.48. The number of carbonyl (C=O) groups excluding carboxylic acids is 1. The number of benzene rings is 3. The number of sulfonamides is 1. The highest BCUT2D eigenvalue weighted by Crippen LogP contribution is 2.23. The van der Waals surface area contributed by atoms with E-state index in [1.165, 1.54) is 16.1 Å². The first-order chi connectivity index (χ1) is 16.3. The van der Waals surface area contributed by atoms with Gasteiger partial charge in [0, 0.05) is 19.5 Å². The Labute approximate surface area is 202 Å². The van der Waals surface area contributed by atoms with Crippen molar-refractivity contribution in [2.24, 2.45) is 0 Å². The molecule has 34 heavy (non-hydrogen) atoms. The lowest BCUT2D eigenvalue weighted by molar-refractivity contribution is -0.121. The Balaban J connectivity index is 1.49. The van der Waals surface area contributed by atoms with Crippen molar-refractivity contribution in [1.82, 2.24) is 5.32 Å². The van der Waals surface area contributed by atoms with Gasteiger partial charge >= 0.3 is 0 Å². The molecule has 7 heteroatoms. The van der Waals surface area contributed by atoms with E-state index in [0.717, 1.165) is 5.56 Å². The molecule has 0 aliphatic rings. The van der Waals surface area contributed by atoms with Crippen LogP contribution in [0, 0.1) is 0 Å². The maximum atomic E-state index is 12.4. The normalized spacial score (nSPS) is 12.1. The van der Waals surface area contributed by atoms with Crippen LogP contribution in [0.3, 0.4) is 0 Å². The number of amides is 1. The van der Waals surface area contributed by atoms with Crippen molar-refractivity contribution >= 4 is 21.6 Å². The van der Waals surface area contributed by atoms with E-state index >= 15 is 0 Å². The number of hydrogen-bond donors (Lipinski definition) is 1. The van der Waals surface area contributed by atoms with Crippen LogP contribution in [-0.4, -0.2) is 33.7 Å². The molecule has 0 unspecified atom stereocenters. The van der Waals surface area contributed by atoms with Crippen LogP contribution in [0.5, 0.6) is 5.75 Å². The molecule has 3 aromatic rings. The molecule has 0 saturated heterocycles. The minimum Gasteiger partial charge on any atom is -0.489 e. The smallest absolute Gasteiger partial charge is 0.232 e. The van der Waals surface area contributed by atoms with Crippen molar-refractivity contribution in [3.8, 4) is 5.75 Å². The number of hydrogen-bond acceptors (Lipinski definition) is 4. The van der Waals surface area contributed by atoms with Crippen molar-refractivity contribution in [2.45, 2.75) is 32.3 Å². The van der Waals surface area contributed by atoms with Crippen LogP contribution < -0.4 is 14.4 Å². The summed E-state index contributed by atoms with van der Waals surface area (Å²) in [4.78, 5) is 12.3. The highest BCUT2D eigenvalue weighted by molar-refractivity contribution is 7.92. The van der Waals surface area contributed by atoms with E-state index in [0.29, 0.717) is 31.0 Å². The Morgan fingerprint density at radius 2 is 1.56 bits per heavy atom. The summed E-state index contributed by atoms with van der Waals surface area (Å²) in [5.74, 6) is 0.786. The Bertz CT molecular complexity index is 1130. The number of nitrogens with one attached hydrogen (secondary N) is 1. The van der Waals surface area contributed by atoms with Gasteiger partial charge in [-0.05, 0) is 47.7 Å². The fourth-order valence-corrected chi connectivity index (χ4v) is 4.54. The summed E-state index contributed by atoms with van der Waals surface area (Å²) in [6, 6.07) is 26.8. The number of rotatable bonds is 12. The van der Waals surface area contributed by atoms with Crippen LogP contribution in [0.15, 0.2) is 84.9 Å². The molecule has 6 nitrogen and oxygen atoms in total. The Hall–Kier alpha value is -3.32. The van der Waals surface area contributed by atoms with Crippen LogP contribution >= 0.6 is 0 Å². The van der Waals surface area contributed by atoms with Crippen molar-refractivity contribution in [2.75, 3.05) is 23.7 Å². The molecule has 0 saturated carbocycles. The van der Waals surface area contributed by atoms with Crippen molar-refractivity contribution in [1.29, 1.82) is 0 Å². The zero-order chi connectivity index (χ0) is 24.4. The predicted octanol–water partition coefficient (Wildman–Crippen LogP) is 4.73. The third-order valence-electron chi connectivity index (χ3n) is 5.51. The lowest BCUT2D eigenvalue weighted by atomic mass is 10.0. The van der Waals surface area contributed by atoms with Crippen LogP contribution in [-0.2, 0) is 21.4 Å². The summed E-state index contributed by atoms with van der Waals surface area (Å²) < 4.78 is 31.8. The summed E-state index contributed by atoms with van der Waals surface area (Å²) in [6.45, 7) is 3.27. The molecule has 0 aliphatic heterocycles. The van der Waals surface area contributed by atoms with Gasteiger partial charge in [-0.3, -0.25) is 9.10 Å². The molecule has 0 heterocycles. The zero-order valence-electron chi connectivity index (χ0n) is 19.7. The quantitative estimate of drug-likeness (QED) is 0.407. The Morgan fingerprint density at radius 3 is 2.18 bits per heavy atom. The molecule has 1 atom stereocenters. The molecule has 0 fully saturated rings. The van der Waals surface area contributed by atoms with Gasteiger partial charge in [0.15, 0.2) is 0 Å². The second kappa shape index (κ2) is 12.2. The molecular weight excluding hydrogens is 448 g/mol. The van der Waals surface area contributed by atoms with Gasteiger partial charge in [-0.2, -0.15) is 0 Å². The van der Waals surface area contributed by atoms with Gasteiger partial charge in [0.2, 0.25) is 15.9 Å².